The van der Waals surface area contributed by atoms with Crippen LogP contribution in [0.5, 0.6) is 0 Å². The van der Waals surface area contributed by atoms with Crippen molar-refractivity contribution in [3.63, 3.8) is 0 Å². The van der Waals surface area contributed by atoms with Gasteiger partial charge in [-0.15, -0.1) is 11.3 Å². The monoisotopic (exact) mass is 412 g/mol. The second-order valence-electron chi connectivity index (χ2n) is 6.72. The Labute approximate surface area is 168 Å². The van der Waals surface area contributed by atoms with Crippen molar-refractivity contribution >= 4 is 33.0 Å². The molecule has 0 bridgehead atoms. The Kier molecular flexibility index (Phi) is 4.95. The fourth-order valence-electron chi connectivity index (χ4n) is 3.40. The summed E-state index contributed by atoms with van der Waals surface area (Å²) in [4.78, 5) is 15.6. The van der Waals surface area contributed by atoms with E-state index in [9.17, 15) is 13.2 Å². The van der Waals surface area contributed by atoms with Crippen LogP contribution in [0.1, 0.15) is 20.8 Å². The smallest absolute Gasteiger partial charge is 0.264 e. The number of rotatable bonds is 5. The van der Waals surface area contributed by atoms with E-state index in [1.165, 1.54) is 10.4 Å². The molecule has 2 aromatic carbocycles. The van der Waals surface area contributed by atoms with Crippen molar-refractivity contribution in [1.29, 1.82) is 0 Å². The number of hydrogen-bond donors (Lipinski definition) is 0. The van der Waals surface area contributed by atoms with Gasteiger partial charge in [-0.3, -0.25) is 9.10 Å². The number of carbonyl (C=O) groups is 1. The van der Waals surface area contributed by atoms with Gasteiger partial charge in [0.2, 0.25) is 0 Å². The SMILES string of the molecule is CN(Cc1cccs1)C(=O)c1cccc(S(=O)(=O)N2CCc3ccccc32)c1. The average Bonchev–Trinajstić information content (AvgIpc) is 3.37. The Morgan fingerprint density at radius 3 is 2.71 bits per heavy atom. The van der Waals surface area contributed by atoms with E-state index in [1.54, 1.807) is 41.5 Å². The van der Waals surface area contributed by atoms with Crippen molar-refractivity contribution < 1.29 is 13.2 Å². The van der Waals surface area contributed by atoms with E-state index in [-0.39, 0.29) is 10.8 Å². The summed E-state index contributed by atoms with van der Waals surface area (Å²) in [5.41, 5.74) is 2.11. The maximum absolute atomic E-state index is 13.2. The molecule has 0 aliphatic carbocycles. The molecule has 0 atom stereocenters. The number of para-hydroxylation sites is 1. The van der Waals surface area contributed by atoms with Crippen LogP contribution in [0.3, 0.4) is 0 Å². The van der Waals surface area contributed by atoms with Gasteiger partial charge in [-0.1, -0.05) is 30.3 Å². The minimum Gasteiger partial charge on any atom is -0.337 e. The van der Waals surface area contributed by atoms with Gasteiger partial charge >= 0.3 is 0 Å². The summed E-state index contributed by atoms with van der Waals surface area (Å²) in [7, 11) is -2.00. The lowest BCUT2D eigenvalue weighted by molar-refractivity contribution is 0.0786. The Morgan fingerprint density at radius 1 is 1.11 bits per heavy atom. The maximum atomic E-state index is 13.2. The molecule has 144 valence electrons. The zero-order valence-electron chi connectivity index (χ0n) is 15.4. The zero-order chi connectivity index (χ0) is 19.7. The van der Waals surface area contributed by atoms with E-state index < -0.39 is 10.0 Å². The third-order valence-electron chi connectivity index (χ3n) is 4.83. The van der Waals surface area contributed by atoms with E-state index in [0.717, 1.165) is 10.4 Å². The number of carbonyl (C=O) groups excluding carboxylic acids is 1. The molecule has 0 spiro atoms. The predicted octanol–water partition coefficient (Wildman–Crippen LogP) is 3.77. The highest BCUT2D eigenvalue weighted by Gasteiger charge is 2.31. The molecule has 3 aromatic rings. The Hall–Kier alpha value is -2.64. The van der Waals surface area contributed by atoms with Gasteiger partial charge < -0.3 is 4.90 Å². The highest BCUT2D eigenvalue weighted by atomic mass is 32.2. The number of sulfonamides is 1. The van der Waals surface area contributed by atoms with Gasteiger partial charge in [-0.05, 0) is 47.7 Å². The molecular weight excluding hydrogens is 392 g/mol. The van der Waals surface area contributed by atoms with Crippen LogP contribution < -0.4 is 4.31 Å². The first kappa shape index (κ1) is 18.7. The summed E-state index contributed by atoms with van der Waals surface area (Å²) in [6.07, 6.45) is 0.692. The van der Waals surface area contributed by atoms with Crippen molar-refractivity contribution in [3.05, 3.63) is 82.0 Å². The zero-order valence-corrected chi connectivity index (χ0v) is 17.0. The standard InChI is InChI=1S/C21H20N2O3S2/c1-22(15-18-8-5-13-27-18)21(24)17-7-4-9-19(14-17)28(25,26)23-12-11-16-6-2-3-10-20(16)23/h2-10,13-14H,11-12,15H2,1H3. The Morgan fingerprint density at radius 2 is 1.93 bits per heavy atom. The molecular formula is C21H20N2O3S2. The number of fused-ring (bicyclic) bond motifs is 1. The Balaban J connectivity index is 1.61. The molecule has 0 radical (unpaired) electrons. The molecule has 0 saturated carbocycles. The van der Waals surface area contributed by atoms with Gasteiger partial charge in [0.05, 0.1) is 17.1 Å². The van der Waals surface area contributed by atoms with Crippen LogP contribution in [0, 0.1) is 0 Å². The summed E-state index contributed by atoms with van der Waals surface area (Å²) in [5.74, 6) is -0.202. The Bertz CT molecular complexity index is 1110. The van der Waals surface area contributed by atoms with Crippen molar-refractivity contribution in [3.8, 4) is 0 Å². The number of hydrogen-bond acceptors (Lipinski definition) is 4. The number of anilines is 1. The molecule has 7 heteroatoms. The summed E-state index contributed by atoms with van der Waals surface area (Å²) in [6, 6.07) is 17.7. The topological polar surface area (TPSA) is 57.7 Å². The van der Waals surface area contributed by atoms with E-state index in [1.807, 2.05) is 41.8 Å². The van der Waals surface area contributed by atoms with E-state index in [4.69, 9.17) is 0 Å². The number of amides is 1. The second kappa shape index (κ2) is 7.41. The lowest BCUT2D eigenvalue weighted by atomic mass is 10.2. The number of benzene rings is 2. The molecule has 1 aliphatic rings. The molecule has 5 nitrogen and oxygen atoms in total. The minimum absolute atomic E-state index is 0.138. The van der Waals surface area contributed by atoms with Crippen LogP contribution >= 0.6 is 11.3 Å². The first-order valence-corrected chi connectivity index (χ1v) is 11.3. The van der Waals surface area contributed by atoms with Crippen LogP contribution in [0.15, 0.2) is 70.9 Å². The van der Waals surface area contributed by atoms with E-state index >= 15 is 0 Å². The molecule has 0 unspecified atom stereocenters. The van der Waals surface area contributed by atoms with Gasteiger partial charge in [0.1, 0.15) is 0 Å². The summed E-state index contributed by atoms with van der Waals surface area (Å²) < 4.78 is 27.8. The predicted molar refractivity (Wildman–Crippen MR) is 111 cm³/mol. The fourth-order valence-corrected chi connectivity index (χ4v) is 5.71. The molecule has 1 aromatic heterocycles. The first-order valence-electron chi connectivity index (χ1n) is 8.95. The third-order valence-corrected chi connectivity index (χ3v) is 7.50. The van der Waals surface area contributed by atoms with Gasteiger partial charge in [-0.25, -0.2) is 8.42 Å². The molecule has 2 heterocycles. The molecule has 0 saturated heterocycles. The first-order chi connectivity index (χ1) is 13.5. The summed E-state index contributed by atoms with van der Waals surface area (Å²) in [5, 5.41) is 1.97. The van der Waals surface area contributed by atoms with Gasteiger partial charge in [0.15, 0.2) is 0 Å². The largest absolute Gasteiger partial charge is 0.337 e. The normalized spacial score (nSPS) is 13.4. The molecule has 1 aliphatic heterocycles. The number of thiophene rings is 1. The van der Waals surface area contributed by atoms with Crippen LogP contribution in [-0.2, 0) is 23.0 Å². The molecule has 0 N–H and O–H groups in total. The van der Waals surface area contributed by atoms with Crippen LogP contribution in [0.25, 0.3) is 0 Å². The maximum Gasteiger partial charge on any atom is 0.264 e. The molecule has 0 fully saturated rings. The minimum atomic E-state index is -3.72. The summed E-state index contributed by atoms with van der Waals surface area (Å²) >= 11 is 1.59. The fraction of sp³-hybridized carbons (Fsp3) is 0.190. The highest BCUT2D eigenvalue weighted by molar-refractivity contribution is 7.92. The lowest BCUT2D eigenvalue weighted by Gasteiger charge is -2.21. The van der Waals surface area contributed by atoms with Crippen molar-refractivity contribution in [1.82, 2.24) is 4.90 Å². The number of nitrogens with zero attached hydrogens (tertiary/aromatic N) is 2. The van der Waals surface area contributed by atoms with Gasteiger partial charge in [0.25, 0.3) is 15.9 Å². The van der Waals surface area contributed by atoms with Crippen LogP contribution in [0.2, 0.25) is 0 Å². The van der Waals surface area contributed by atoms with Gasteiger partial charge in [-0.2, -0.15) is 0 Å². The van der Waals surface area contributed by atoms with E-state index in [0.29, 0.717) is 30.8 Å². The van der Waals surface area contributed by atoms with Crippen molar-refractivity contribution in [2.75, 3.05) is 17.9 Å². The average molecular weight is 413 g/mol. The second-order valence-corrected chi connectivity index (χ2v) is 9.62. The summed E-state index contributed by atoms with van der Waals surface area (Å²) in [6.45, 7) is 0.908. The van der Waals surface area contributed by atoms with E-state index in [2.05, 4.69) is 0 Å². The van der Waals surface area contributed by atoms with Crippen LogP contribution in [-0.4, -0.2) is 32.8 Å². The quantitative estimate of drug-likeness (QED) is 0.641. The molecule has 4 rings (SSSR count). The van der Waals surface area contributed by atoms with Crippen molar-refractivity contribution in [2.24, 2.45) is 0 Å². The third kappa shape index (κ3) is 3.43. The molecule has 1 amide bonds. The lowest BCUT2D eigenvalue weighted by Crippen LogP contribution is -2.30. The highest BCUT2D eigenvalue weighted by Crippen LogP contribution is 2.32. The van der Waals surface area contributed by atoms with Gasteiger partial charge in [0, 0.05) is 24.0 Å². The molecule has 28 heavy (non-hydrogen) atoms. The van der Waals surface area contributed by atoms with Crippen LogP contribution in [0.4, 0.5) is 5.69 Å². The van der Waals surface area contributed by atoms with Crippen molar-refractivity contribution in [2.45, 2.75) is 17.9 Å².